The molecule has 0 fully saturated rings. The fourth-order valence-electron chi connectivity index (χ4n) is 2.29. The standard InChI is InChI=1S/C18H20F3N3O/c1-3-4-11-24(2)16-10-9-13(12-22-16)17(25)23-15-8-6-5-7-14(15)18(19,20)21/h5-10,12H,3-4,11H2,1-2H3,(H,23,25). The predicted molar refractivity (Wildman–Crippen MR) is 91.8 cm³/mol. The van der Waals surface area contributed by atoms with Gasteiger partial charge in [-0.05, 0) is 30.7 Å². The third kappa shape index (κ3) is 4.95. The van der Waals surface area contributed by atoms with E-state index in [0.717, 1.165) is 25.5 Å². The molecule has 25 heavy (non-hydrogen) atoms. The van der Waals surface area contributed by atoms with Crippen LogP contribution in [0.15, 0.2) is 42.6 Å². The summed E-state index contributed by atoms with van der Waals surface area (Å²) in [4.78, 5) is 18.4. The van der Waals surface area contributed by atoms with Gasteiger partial charge in [-0.2, -0.15) is 13.2 Å². The van der Waals surface area contributed by atoms with E-state index < -0.39 is 17.6 Å². The molecule has 1 amide bonds. The van der Waals surface area contributed by atoms with Crippen molar-refractivity contribution in [2.75, 3.05) is 23.8 Å². The SMILES string of the molecule is CCCCN(C)c1ccc(C(=O)Nc2ccccc2C(F)(F)F)cn1. The highest BCUT2D eigenvalue weighted by Crippen LogP contribution is 2.34. The number of amides is 1. The van der Waals surface area contributed by atoms with Crippen molar-refractivity contribution in [3.63, 3.8) is 0 Å². The van der Waals surface area contributed by atoms with Gasteiger partial charge in [0.1, 0.15) is 5.82 Å². The molecule has 1 heterocycles. The van der Waals surface area contributed by atoms with Crippen LogP contribution in [0.1, 0.15) is 35.7 Å². The number of para-hydroxylation sites is 1. The van der Waals surface area contributed by atoms with E-state index in [1.165, 1.54) is 24.4 Å². The molecule has 0 saturated carbocycles. The van der Waals surface area contributed by atoms with Crippen LogP contribution >= 0.6 is 0 Å². The predicted octanol–water partition coefficient (Wildman–Crippen LogP) is 4.59. The maximum absolute atomic E-state index is 13.0. The molecule has 0 aliphatic rings. The van der Waals surface area contributed by atoms with Gasteiger partial charge in [0.15, 0.2) is 0 Å². The molecular weight excluding hydrogens is 331 g/mol. The molecule has 0 atom stereocenters. The lowest BCUT2D eigenvalue weighted by atomic mass is 10.1. The van der Waals surface area contributed by atoms with Crippen molar-refractivity contribution in [3.05, 3.63) is 53.7 Å². The summed E-state index contributed by atoms with van der Waals surface area (Å²) in [5.41, 5.74) is -0.957. The molecule has 0 radical (unpaired) electrons. The molecule has 0 saturated heterocycles. The third-order valence-electron chi connectivity index (χ3n) is 3.73. The fourth-order valence-corrected chi connectivity index (χ4v) is 2.29. The maximum atomic E-state index is 13.0. The van der Waals surface area contributed by atoms with Gasteiger partial charge in [-0.1, -0.05) is 25.5 Å². The Hall–Kier alpha value is -2.57. The first-order chi connectivity index (χ1) is 11.8. The number of carbonyl (C=O) groups is 1. The van der Waals surface area contributed by atoms with E-state index >= 15 is 0 Å². The van der Waals surface area contributed by atoms with Crippen molar-refractivity contribution in [3.8, 4) is 0 Å². The number of nitrogens with zero attached hydrogens (tertiary/aromatic N) is 2. The Balaban J connectivity index is 2.12. The van der Waals surface area contributed by atoms with Crippen molar-refractivity contribution in [2.45, 2.75) is 25.9 Å². The Bertz CT molecular complexity index is 714. The summed E-state index contributed by atoms with van der Waals surface area (Å²) in [7, 11) is 1.90. The van der Waals surface area contributed by atoms with Gasteiger partial charge in [-0.3, -0.25) is 4.79 Å². The first-order valence-corrected chi connectivity index (χ1v) is 7.97. The number of benzene rings is 1. The summed E-state index contributed by atoms with van der Waals surface area (Å²) in [5.74, 6) is 0.0765. The molecule has 0 spiro atoms. The van der Waals surface area contributed by atoms with Gasteiger partial charge in [-0.25, -0.2) is 4.98 Å². The Labute approximate surface area is 144 Å². The lowest BCUT2D eigenvalue weighted by Gasteiger charge is -2.18. The van der Waals surface area contributed by atoms with Crippen LogP contribution in [-0.2, 0) is 6.18 Å². The summed E-state index contributed by atoms with van der Waals surface area (Å²) >= 11 is 0. The minimum atomic E-state index is -4.53. The molecule has 1 N–H and O–H groups in total. The molecule has 134 valence electrons. The van der Waals surface area contributed by atoms with Gasteiger partial charge in [-0.15, -0.1) is 0 Å². The summed E-state index contributed by atoms with van der Waals surface area (Å²) in [6.07, 6.45) is -1.09. The second-order valence-corrected chi connectivity index (χ2v) is 5.68. The number of rotatable bonds is 6. The number of carbonyl (C=O) groups excluding carboxylic acids is 1. The summed E-state index contributed by atoms with van der Waals surface area (Å²) in [6, 6.07) is 8.10. The minimum absolute atomic E-state index is 0.199. The Morgan fingerprint density at radius 3 is 2.52 bits per heavy atom. The molecule has 0 bridgehead atoms. The quantitative estimate of drug-likeness (QED) is 0.828. The highest BCUT2D eigenvalue weighted by molar-refractivity contribution is 6.04. The van der Waals surface area contributed by atoms with E-state index in [1.54, 1.807) is 12.1 Å². The van der Waals surface area contributed by atoms with Crippen molar-refractivity contribution in [1.29, 1.82) is 0 Å². The maximum Gasteiger partial charge on any atom is 0.418 e. The smallest absolute Gasteiger partial charge is 0.360 e. The zero-order chi connectivity index (χ0) is 18.4. The second-order valence-electron chi connectivity index (χ2n) is 5.68. The molecule has 1 aromatic heterocycles. The summed E-state index contributed by atoms with van der Waals surface area (Å²) in [6.45, 7) is 2.93. The van der Waals surface area contributed by atoms with Gasteiger partial charge in [0.2, 0.25) is 0 Å². The van der Waals surface area contributed by atoms with Gasteiger partial charge < -0.3 is 10.2 Å². The first kappa shape index (κ1) is 18.8. The van der Waals surface area contributed by atoms with E-state index in [1.807, 2.05) is 11.9 Å². The summed E-state index contributed by atoms with van der Waals surface area (Å²) < 4.78 is 38.9. The van der Waals surface area contributed by atoms with Crippen molar-refractivity contribution in [2.24, 2.45) is 0 Å². The molecule has 0 unspecified atom stereocenters. The molecule has 4 nitrogen and oxygen atoms in total. The van der Waals surface area contributed by atoms with Crippen LogP contribution in [0.2, 0.25) is 0 Å². The molecule has 7 heteroatoms. The lowest BCUT2D eigenvalue weighted by Crippen LogP contribution is -2.20. The molecular formula is C18H20F3N3O. The van der Waals surface area contributed by atoms with Crippen LogP contribution in [0.4, 0.5) is 24.7 Å². The third-order valence-corrected chi connectivity index (χ3v) is 3.73. The van der Waals surface area contributed by atoms with E-state index in [9.17, 15) is 18.0 Å². The largest absolute Gasteiger partial charge is 0.418 e. The van der Waals surface area contributed by atoms with Crippen molar-refractivity contribution >= 4 is 17.4 Å². The first-order valence-electron chi connectivity index (χ1n) is 7.97. The van der Waals surface area contributed by atoms with Crippen LogP contribution in [0.5, 0.6) is 0 Å². The van der Waals surface area contributed by atoms with Crippen molar-refractivity contribution < 1.29 is 18.0 Å². The molecule has 1 aromatic carbocycles. The van der Waals surface area contributed by atoms with Crippen molar-refractivity contribution in [1.82, 2.24) is 4.98 Å². The van der Waals surface area contributed by atoms with E-state index in [2.05, 4.69) is 17.2 Å². The number of aromatic nitrogens is 1. The van der Waals surface area contributed by atoms with Crippen LogP contribution < -0.4 is 10.2 Å². The Morgan fingerprint density at radius 1 is 1.20 bits per heavy atom. The molecule has 2 aromatic rings. The average molecular weight is 351 g/mol. The zero-order valence-corrected chi connectivity index (χ0v) is 14.1. The van der Waals surface area contributed by atoms with E-state index in [4.69, 9.17) is 0 Å². The molecule has 0 aliphatic heterocycles. The number of unbranched alkanes of at least 4 members (excludes halogenated alkanes) is 1. The highest BCUT2D eigenvalue weighted by atomic mass is 19.4. The number of hydrogen-bond donors (Lipinski definition) is 1. The zero-order valence-electron chi connectivity index (χ0n) is 14.1. The van der Waals surface area contributed by atoms with Crippen LogP contribution in [0, 0.1) is 0 Å². The normalized spacial score (nSPS) is 11.2. The van der Waals surface area contributed by atoms with E-state index in [0.29, 0.717) is 5.82 Å². The number of nitrogens with one attached hydrogen (secondary N) is 1. The Morgan fingerprint density at radius 2 is 1.92 bits per heavy atom. The van der Waals surface area contributed by atoms with Gasteiger partial charge in [0.25, 0.3) is 5.91 Å². The number of hydrogen-bond acceptors (Lipinski definition) is 3. The topological polar surface area (TPSA) is 45.2 Å². The average Bonchev–Trinajstić information content (AvgIpc) is 2.59. The van der Waals surface area contributed by atoms with Crippen LogP contribution in [-0.4, -0.2) is 24.5 Å². The molecule has 0 aliphatic carbocycles. The Kier molecular flexibility index (Phi) is 6.01. The van der Waals surface area contributed by atoms with Gasteiger partial charge >= 0.3 is 6.18 Å². The van der Waals surface area contributed by atoms with Gasteiger partial charge in [0, 0.05) is 19.8 Å². The second kappa shape index (κ2) is 8.00. The minimum Gasteiger partial charge on any atom is -0.360 e. The van der Waals surface area contributed by atoms with Crippen LogP contribution in [0.3, 0.4) is 0 Å². The summed E-state index contributed by atoms with van der Waals surface area (Å²) in [5, 5.41) is 2.30. The number of alkyl halides is 3. The highest BCUT2D eigenvalue weighted by Gasteiger charge is 2.33. The van der Waals surface area contributed by atoms with Crippen LogP contribution in [0.25, 0.3) is 0 Å². The number of pyridine rings is 1. The number of halogens is 3. The lowest BCUT2D eigenvalue weighted by molar-refractivity contribution is -0.136. The van der Waals surface area contributed by atoms with E-state index in [-0.39, 0.29) is 11.3 Å². The molecule has 2 rings (SSSR count). The number of anilines is 2. The van der Waals surface area contributed by atoms with Gasteiger partial charge in [0.05, 0.1) is 16.8 Å². The monoisotopic (exact) mass is 351 g/mol. The fraction of sp³-hybridized carbons (Fsp3) is 0.333.